The van der Waals surface area contributed by atoms with Crippen LogP contribution in [-0.2, 0) is 27.4 Å². The molecule has 0 radical (unpaired) electrons. The van der Waals surface area contributed by atoms with Crippen LogP contribution in [0.15, 0.2) is 24.3 Å². The van der Waals surface area contributed by atoms with E-state index in [0.717, 1.165) is 18.0 Å². The lowest BCUT2D eigenvalue weighted by atomic mass is 9.99. The number of carbonyl (C=O) groups excluding carboxylic acids is 2. The molecule has 2 aliphatic rings. The van der Waals surface area contributed by atoms with Crippen LogP contribution in [0.25, 0.3) is 0 Å². The summed E-state index contributed by atoms with van der Waals surface area (Å²) >= 11 is 0. The third-order valence-corrected chi connectivity index (χ3v) is 5.59. The van der Waals surface area contributed by atoms with E-state index in [1.807, 2.05) is 0 Å². The Morgan fingerprint density at radius 1 is 1.07 bits per heavy atom. The zero-order valence-electron chi connectivity index (χ0n) is 17.0. The molecule has 28 heavy (non-hydrogen) atoms. The highest BCUT2D eigenvalue weighted by Crippen LogP contribution is 2.18. The van der Waals surface area contributed by atoms with E-state index in [-0.39, 0.29) is 24.7 Å². The van der Waals surface area contributed by atoms with E-state index in [2.05, 4.69) is 41.4 Å². The van der Waals surface area contributed by atoms with E-state index in [9.17, 15) is 9.59 Å². The molecule has 0 spiro atoms. The summed E-state index contributed by atoms with van der Waals surface area (Å²) in [6, 6.07) is 8.48. The van der Waals surface area contributed by atoms with Gasteiger partial charge in [0.1, 0.15) is 0 Å². The van der Waals surface area contributed by atoms with Gasteiger partial charge in [0.25, 0.3) is 0 Å². The largest absolute Gasteiger partial charge is 0.378 e. The lowest BCUT2D eigenvalue weighted by Gasteiger charge is -2.30. The van der Waals surface area contributed by atoms with Crippen LogP contribution >= 0.6 is 0 Å². The summed E-state index contributed by atoms with van der Waals surface area (Å²) < 4.78 is 5.24. The third kappa shape index (κ3) is 6.60. The average molecular weight is 388 g/mol. The molecule has 0 aromatic heterocycles. The number of rotatable bonds is 7. The zero-order chi connectivity index (χ0) is 19.8. The molecule has 0 unspecified atom stereocenters. The van der Waals surface area contributed by atoms with Gasteiger partial charge in [-0.1, -0.05) is 31.2 Å². The summed E-state index contributed by atoms with van der Waals surface area (Å²) in [4.78, 5) is 28.4. The van der Waals surface area contributed by atoms with Crippen LogP contribution in [0.3, 0.4) is 0 Å². The van der Waals surface area contributed by atoms with Gasteiger partial charge < -0.3 is 15.0 Å². The highest BCUT2D eigenvalue weighted by molar-refractivity contribution is 5.83. The Morgan fingerprint density at radius 2 is 1.79 bits per heavy atom. The molecular formula is C22H33N3O3. The van der Waals surface area contributed by atoms with Crippen LogP contribution < -0.4 is 5.32 Å². The van der Waals surface area contributed by atoms with Crippen LogP contribution in [0.4, 0.5) is 0 Å². The van der Waals surface area contributed by atoms with Crippen molar-refractivity contribution in [3.8, 4) is 0 Å². The lowest BCUT2D eigenvalue weighted by Crippen LogP contribution is -2.41. The summed E-state index contributed by atoms with van der Waals surface area (Å²) in [6.45, 7) is 8.63. The average Bonchev–Trinajstić information content (AvgIpc) is 2.72. The van der Waals surface area contributed by atoms with Crippen molar-refractivity contribution in [1.82, 2.24) is 15.1 Å². The second kappa shape index (κ2) is 10.6. The molecular weight excluding hydrogens is 354 g/mol. The molecule has 1 aromatic rings. The number of nitrogens with zero attached hydrogens (tertiary/aromatic N) is 2. The van der Waals surface area contributed by atoms with E-state index in [0.29, 0.717) is 32.8 Å². The number of benzene rings is 1. The van der Waals surface area contributed by atoms with Gasteiger partial charge in [0.05, 0.1) is 13.2 Å². The second-order valence-electron chi connectivity index (χ2n) is 8.07. The van der Waals surface area contributed by atoms with Gasteiger partial charge in [0.2, 0.25) is 11.8 Å². The Kier molecular flexibility index (Phi) is 7.86. The minimum atomic E-state index is -0.0759. The van der Waals surface area contributed by atoms with Crippen molar-refractivity contribution in [2.24, 2.45) is 5.92 Å². The van der Waals surface area contributed by atoms with E-state index in [4.69, 9.17) is 4.74 Å². The molecule has 2 saturated heterocycles. The van der Waals surface area contributed by atoms with Gasteiger partial charge in [0.15, 0.2) is 0 Å². The van der Waals surface area contributed by atoms with Crippen molar-refractivity contribution in [3.63, 3.8) is 0 Å². The fraction of sp³-hybridized carbons (Fsp3) is 0.636. The van der Waals surface area contributed by atoms with Gasteiger partial charge in [-0.25, -0.2) is 0 Å². The summed E-state index contributed by atoms with van der Waals surface area (Å²) in [5, 5.41) is 2.92. The molecule has 6 heteroatoms. The Balaban J connectivity index is 1.35. The van der Waals surface area contributed by atoms with Gasteiger partial charge in [-0.05, 0) is 36.4 Å². The summed E-state index contributed by atoms with van der Waals surface area (Å²) in [5.41, 5.74) is 2.41. The first-order valence-corrected chi connectivity index (χ1v) is 10.5. The van der Waals surface area contributed by atoms with Gasteiger partial charge in [-0.15, -0.1) is 0 Å². The fourth-order valence-corrected chi connectivity index (χ4v) is 3.93. The Bertz CT molecular complexity index is 641. The first-order chi connectivity index (χ1) is 13.6. The summed E-state index contributed by atoms with van der Waals surface area (Å²) in [6.07, 6.45) is 3.13. The molecule has 2 aliphatic heterocycles. The third-order valence-electron chi connectivity index (χ3n) is 5.59. The first kappa shape index (κ1) is 20.8. The Morgan fingerprint density at radius 3 is 2.50 bits per heavy atom. The first-order valence-electron chi connectivity index (χ1n) is 10.5. The monoisotopic (exact) mass is 387 g/mol. The fourth-order valence-electron chi connectivity index (χ4n) is 3.93. The molecule has 1 aromatic carbocycles. The molecule has 6 nitrogen and oxygen atoms in total. The Hall–Kier alpha value is -1.92. The molecule has 2 heterocycles. The van der Waals surface area contributed by atoms with Crippen molar-refractivity contribution >= 4 is 11.8 Å². The van der Waals surface area contributed by atoms with Crippen molar-refractivity contribution in [3.05, 3.63) is 35.4 Å². The number of morpholine rings is 1. The molecule has 2 fully saturated rings. The van der Waals surface area contributed by atoms with E-state index >= 15 is 0 Å². The van der Waals surface area contributed by atoms with Crippen LogP contribution in [0.1, 0.15) is 43.7 Å². The SMILES string of the molecule is C[C@H]1CCCN(Cc2ccc(CNC(=O)CCC(=O)N3CCOCC3)cc2)C1. The van der Waals surface area contributed by atoms with Crippen LogP contribution in [0, 0.1) is 5.92 Å². The molecule has 154 valence electrons. The number of amides is 2. The maximum Gasteiger partial charge on any atom is 0.223 e. The normalized spacial score (nSPS) is 20.8. The van der Waals surface area contributed by atoms with Crippen molar-refractivity contribution in [2.75, 3.05) is 39.4 Å². The van der Waals surface area contributed by atoms with Crippen LogP contribution in [0.5, 0.6) is 0 Å². The highest BCUT2D eigenvalue weighted by atomic mass is 16.5. The molecule has 0 aliphatic carbocycles. The Labute approximate surface area is 168 Å². The minimum Gasteiger partial charge on any atom is -0.378 e. The maximum atomic E-state index is 12.1. The van der Waals surface area contributed by atoms with Crippen molar-refractivity contribution in [2.45, 2.75) is 45.7 Å². The quantitative estimate of drug-likeness (QED) is 0.779. The standard InChI is InChI=1S/C22H33N3O3/c1-18-3-2-10-24(16-18)17-20-6-4-19(5-7-20)15-23-21(26)8-9-22(27)25-11-13-28-14-12-25/h4-7,18H,2-3,8-17H2,1H3,(H,23,26)/t18-/m0/s1. The number of ether oxygens (including phenoxy) is 1. The van der Waals surface area contributed by atoms with Crippen LogP contribution in [0.2, 0.25) is 0 Å². The lowest BCUT2D eigenvalue weighted by molar-refractivity contribution is -0.137. The van der Waals surface area contributed by atoms with Crippen LogP contribution in [-0.4, -0.2) is 61.0 Å². The molecule has 0 saturated carbocycles. The highest BCUT2D eigenvalue weighted by Gasteiger charge is 2.18. The van der Waals surface area contributed by atoms with Gasteiger partial charge in [-0.2, -0.15) is 0 Å². The number of hydrogen-bond acceptors (Lipinski definition) is 4. The predicted octanol–water partition coefficient (Wildman–Crippen LogP) is 2.17. The van der Waals surface area contributed by atoms with Crippen molar-refractivity contribution in [1.29, 1.82) is 0 Å². The predicted molar refractivity (Wildman–Crippen MR) is 109 cm³/mol. The molecule has 1 N–H and O–H groups in total. The van der Waals surface area contributed by atoms with Gasteiger partial charge >= 0.3 is 0 Å². The second-order valence-corrected chi connectivity index (χ2v) is 8.07. The van der Waals surface area contributed by atoms with Gasteiger partial charge in [0, 0.05) is 45.6 Å². The number of likely N-dealkylation sites (tertiary alicyclic amines) is 1. The molecule has 3 rings (SSSR count). The smallest absolute Gasteiger partial charge is 0.223 e. The topological polar surface area (TPSA) is 61.9 Å². The van der Waals surface area contributed by atoms with E-state index in [1.165, 1.54) is 31.5 Å². The summed E-state index contributed by atoms with van der Waals surface area (Å²) in [5.74, 6) is 0.751. The summed E-state index contributed by atoms with van der Waals surface area (Å²) in [7, 11) is 0. The number of nitrogens with one attached hydrogen (secondary N) is 1. The maximum absolute atomic E-state index is 12.1. The van der Waals surface area contributed by atoms with Gasteiger partial charge in [-0.3, -0.25) is 14.5 Å². The number of piperidine rings is 1. The van der Waals surface area contributed by atoms with Crippen molar-refractivity contribution < 1.29 is 14.3 Å². The molecule has 2 amide bonds. The molecule has 1 atom stereocenters. The van der Waals surface area contributed by atoms with E-state index < -0.39 is 0 Å². The molecule has 0 bridgehead atoms. The zero-order valence-corrected chi connectivity index (χ0v) is 17.0. The minimum absolute atomic E-state index is 0.0369. The number of carbonyl (C=O) groups is 2. The number of hydrogen-bond donors (Lipinski definition) is 1. The van der Waals surface area contributed by atoms with E-state index in [1.54, 1.807) is 4.90 Å².